The number of hydrogen-bond acceptors (Lipinski definition) is 6. The van der Waals surface area contributed by atoms with E-state index in [1.165, 1.54) is 18.2 Å². The van der Waals surface area contributed by atoms with Crippen LogP contribution in [0.25, 0.3) is 11.1 Å². The van der Waals surface area contributed by atoms with Crippen molar-refractivity contribution in [3.63, 3.8) is 0 Å². The molecule has 1 spiro atoms. The molecule has 0 N–H and O–H groups in total. The second-order valence-electron chi connectivity index (χ2n) is 11.7. The van der Waals surface area contributed by atoms with Crippen molar-refractivity contribution in [3.8, 4) is 17.2 Å². The number of hydrogen-bond donors (Lipinski definition) is 0. The van der Waals surface area contributed by atoms with E-state index in [0.717, 1.165) is 56.2 Å². The number of pyridine rings is 1. The molecule has 3 saturated heterocycles. The van der Waals surface area contributed by atoms with Gasteiger partial charge in [-0.05, 0) is 63.0 Å². The number of carbonyl (C=O) groups excluding carboxylic acids is 1. The summed E-state index contributed by atoms with van der Waals surface area (Å²) in [5, 5.41) is 10.4. The number of anilines is 1. The molecule has 0 radical (unpaired) electrons. The summed E-state index contributed by atoms with van der Waals surface area (Å²) in [5.41, 5.74) is 2.87. The molecule has 0 bridgehead atoms. The summed E-state index contributed by atoms with van der Waals surface area (Å²) >= 11 is 0. The smallest absolute Gasteiger partial charge is 0.245 e. The zero-order chi connectivity index (χ0) is 27.3. The Labute approximate surface area is 228 Å². The van der Waals surface area contributed by atoms with E-state index in [4.69, 9.17) is 4.98 Å². The summed E-state index contributed by atoms with van der Waals surface area (Å²) in [6, 6.07) is 6.37. The largest absolute Gasteiger partial charge is 0.355 e. The second kappa shape index (κ2) is 10.00. The number of carbonyl (C=O) groups is 1. The third-order valence-corrected chi connectivity index (χ3v) is 9.07. The van der Waals surface area contributed by atoms with Gasteiger partial charge in [-0.3, -0.25) is 9.69 Å². The molecule has 0 aliphatic carbocycles. The van der Waals surface area contributed by atoms with E-state index >= 15 is 4.39 Å². The summed E-state index contributed by atoms with van der Waals surface area (Å²) in [6.45, 7) is 9.86. The van der Waals surface area contributed by atoms with Crippen LogP contribution in [0.15, 0.2) is 30.9 Å². The van der Waals surface area contributed by atoms with Gasteiger partial charge in [0.1, 0.15) is 29.1 Å². The number of nitriles is 1. The number of likely N-dealkylation sites (tertiary alicyclic amines) is 2. The van der Waals surface area contributed by atoms with Crippen LogP contribution in [0.4, 0.5) is 14.6 Å². The predicted molar refractivity (Wildman–Crippen MR) is 145 cm³/mol. The lowest BCUT2D eigenvalue weighted by Gasteiger charge is -2.47. The van der Waals surface area contributed by atoms with Gasteiger partial charge in [0.2, 0.25) is 5.91 Å². The molecular weight excluding hydrogens is 498 g/mol. The molecule has 3 fully saturated rings. The van der Waals surface area contributed by atoms with Gasteiger partial charge < -0.3 is 14.7 Å². The maximum Gasteiger partial charge on any atom is 0.245 e. The fraction of sp³-hybridized carbons (Fsp3) is 0.500. The van der Waals surface area contributed by atoms with Crippen molar-refractivity contribution in [3.05, 3.63) is 59.3 Å². The number of piperidine rings is 1. The van der Waals surface area contributed by atoms with Crippen LogP contribution in [0.1, 0.15) is 36.1 Å². The normalized spacial score (nSPS) is 22.9. The molecule has 5 heterocycles. The van der Waals surface area contributed by atoms with Crippen LogP contribution in [0, 0.1) is 28.4 Å². The third-order valence-electron chi connectivity index (χ3n) is 9.07. The molecule has 39 heavy (non-hydrogen) atoms. The average Bonchev–Trinajstić information content (AvgIpc) is 3.36. The summed E-state index contributed by atoms with van der Waals surface area (Å²) in [4.78, 5) is 25.9. The van der Waals surface area contributed by atoms with Crippen molar-refractivity contribution >= 4 is 11.7 Å². The number of nitrogens with zero attached hydrogens (tertiary/aromatic N) is 6. The zero-order valence-electron chi connectivity index (χ0n) is 22.4. The molecule has 2 aromatic rings. The number of halogens is 2. The minimum absolute atomic E-state index is 0.0387. The van der Waals surface area contributed by atoms with E-state index < -0.39 is 11.6 Å². The molecular formula is C30H34F2N6O. The first-order valence-corrected chi connectivity index (χ1v) is 13.8. The van der Waals surface area contributed by atoms with Crippen molar-refractivity contribution in [2.24, 2.45) is 5.41 Å². The van der Waals surface area contributed by atoms with Crippen molar-refractivity contribution < 1.29 is 13.6 Å². The maximum absolute atomic E-state index is 15.2. The second-order valence-corrected chi connectivity index (χ2v) is 11.7. The average molecular weight is 533 g/mol. The molecule has 1 aromatic heterocycles. The molecule has 204 valence electrons. The highest BCUT2D eigenvalue weighted by atomic mass is 19.1. The van der Waals surface area contributed by atoms with Gasteiger partial charge in [-0.15, -0.1) is 0 Å². The molecule has 6 rings (SSSR count). The molecule has 0 unspecified atom stereocenters. The third kappa shape index (κ3) is 4.60. The van der Waals surface area contributed by atoms with Gasteiger partial charge in [-0.2, -0.15) is 5.26 Å². The van der Waals surface area contributed by atoms with Crippen molar-refractivity contribution in [2.75, 3.05) is 57.8 Å². The standard InChI is InChI=1S/C30H34F2N6O/c1-3-27(39)38-18-30(19-38)9-12-37(17-30)29-24(14-33)28(22-7-6-20(31)13-25(22)32)23-8-11-36(16-26(23)34-29)21-5-4-10-35(2)15-21/h3,6-7,13,21H,1,4-5,8-12,15-19H2,2H3/t21-/m1/s1. The maximum atomic E-state index is 15.2. The Morgan fingerprint density at radius 3 is 2.77 bits per heavy atom. The number of rotatable bonds is 4. The van der Waals surface area contributed by atoms with Crippen LogP contribution < -0.4 is 4.90 Å². The highest BCUT2D eigenvalue weighted by Gasteiger charge is 2.49. The molecule has 9 heteroatoms. The fourth-order valence-electron chi connectivity index (χ4n) is 7.08. The van der Waals surface area contributed by atoms with Crippen LogP contribution in [-0.4, -0.2) is 84.5 Å². The molecule has 1 amide bonds. The summed E-state index contributed by atoms with van der Waals surface area (Å²) in [5.74, 6) is -0.803. The van der Waals surface area contributed by atoms with E-state index in [1.54, 1.807) is 4.90 Å². The van der Waals surface area contributed by atoms with Gasteiger partial charge in [0, 0.05) is 74.5 Å². The van der Waals surface area contributed by atoms with E-state index in [9.17, 15) is 14.4 Å². The number of fused-ring (bicyclic) bond motifs is 1. The monoisotopic (exact) mass is 532 g/mol. The predicted octanol–water partition coefficient (Wildman–Crippen LogP) is 3.58. The van der Waals surface area contributed by atoms with Crippen molar-refractivity contribution in [1.29, 1.82) is 5.26 Å². The Balaban J connectivity index is 1.39. The minimum Gasteiger partial charge on any atom is -0.355 e. The van der Waals surface area contributed by atoms with Crippen molar-refractivity contribution in [2.45, 2.75) is 38.3 Å². The molecule has 4 aliphatic heterocycles. The number of likely N-dealkylation sites (N-methyl/N-ethyl adjacent to an activating group) is 1. The van der Waals surface area contributed by atoms with Crippen LogP contribution >= 0.6 is 0 Å². The SMILES string of the molecule is C=CC(=O)N1CC2(CCN(c3nc4c(c(-c5ccc(F)cc5F)c3C#N)CCN([C@@H]3CCCN(C)C3)C4)C2)C1. The number of benzene rings is 1. The first kappa shape index (κ1) is 25.9. The lowest BCUT2D eigenvalue weighted by Crippen LogP contribution is -2.59. The van der Waals surface area contributed by atoms with Gasteiger partial charge in [-0.25, -0.2) is 13.8 Å². The lowest BCUT2D eigenvalue weighted by molar-refractivity contribution is -0.136. The summed E-state index contributed by atoms with van der Waals surface area (Å²) in [7, 11) is 2.16. The van der Waals surface area contributed by atoms with E-state index in [-0.39, 0.29) is 16.9 Å². The highest BCUT2D eigenvalue weighted by molar-refractivity contribution is 5.88. The molecule has 1 aromatic carbocycles. The number of amides is 1. The van der Waals surface area contributed by atoms with Crippen LogP contribution in [0.5, 0.6) is 0 Å². The van der Waals surface area contributed by atoms with E-state index in [1.807, 2.05) is 0 Å². The topological polar surface area (TPSA) is 66.7 Å². The van der Waals surface area contributed by atoms with Crippen LogP contribution in [0.3, 0.4) is 0 Å². The van der Waals surface area contributed by atoms with Gasteiger partial charge >= 0.3 is 0 Å². The molecule has 0 saturated carbocycles. The molecule has 4 aliphatic rings. The van der Waals surface area contributed by atoms with E-state index in [0.29, 0.717) is 62.1 Å². The van der Waals surface area contributed by atoms with Crippen LogP contribution in [0.2, 0.25) is 0 Å². The first-order valence-electron chi connectivity index (χ1n) is 13.8. The lowest BCUT2D eigenvalue weighted by atomic mass is 9.79. The summed E-state index contributed by atoms with van der Waals surface area (Å²) in [6.07, 6.45) is 5.18. The Kier molecular flexibility index (Phi) is 6.64. The fourth-order valence-corrected chi connectivity index (χ4v) is 7.08. The van der Waals surface area contributed by atoms with Gasteiger partial charge in [0.05, 0.1) is 5.69 Å². The summed E-state index contributed by atoms with van der Waals surface area (Å²) < 4.78 is 29.1. The van der Waals surface area contributed by atoms with Gasteiger partial charge in [0.15, 0.2) is 0 Å². The first-order chi connectivity index (χ1) is 18.8. The zero-order valence-corrected chi connectivity index (χ0v) is 22.4. The van der Waals surface area contributed by atoms with Crippen LogP contribution in [-0.2, 0) is 17.8 Å². The Morgan fingerprint density at radius 2 is 2.05 bits per heavy atom. The number of aromatic nitrogens is 1. The van der Waals surface area contributed by atoms with Gasteiger partial charge in [-0.1, -0.05) is 6.58 Å². The minimum atomic E-state index is -0.669. The van der Waals surface area contributed by atoms with Gasteiger partial charge in [0.25, 0.3) is 0 Å². The molecule has 7 nitrogen and oxygen atoms in total. The van der Waals surface area contributed by atoms with E-state index in [2.05, 4.69) is 34.4 Å². The Hall–Kier alpha value is -3.35. The Bertz CT molecular complexity index is 1360. The highest BCUT2D eigenvalue weighted by Crippen LogP contribution is 2.44. The van der Waals surface area contributed by atoms with Crippen molar-refractivity contribution in [1.82, 2.24) is 19.7 Å². The quantitative estimate of drug-likeness (QED) is 0.561. The Morgan fingerprint density at radius 1 is 1.23 bits per heavy atom. The molecule has 1 atom stereocenters.